The summed E-state index contributed by atoms with van der Waals surface area (Å²) >= 11 is 0. The molecule has 0 radical (unpaired) electrons. The van der Waals surface area contributed by atoms with Crippen molar-refractivity contribution >= 4 is 11.9 Å². The third-order valence-electron chi connectivity index (χ3n) is 4.01. The number of hydrogen-bond acceptors (Lipinski definition) is 4. The molecule has 0 unspecified atom stereocenters. The summed E-state index contributed by atoms with van der Waals surface area (Å²) in [6, 6.07) is 19.4. The maximum atomic E-state index is 12.5. The minimum atomic E-state index is -0.984. The number of rotatable bonds is 8. The lowest BCUT2D eigenvalue weighted by Crippen LogP contribution is -2.34. The van der Waals surface area contributed by atoms with Crippen LogP contribution >= 0.6 is 0 Å². The Morgan fingerprint density at radius 3 is 1.76 bits per heavy atom. The van der Waals surface area contributed by atoms with Crippen LogP contribution < -0.4 is 0 Å². The Kier molecular flexibility index (Phi) is 7.20. The van der Waals surface area contributed by atoms with E-state index in [1.165, 1.54) is 0 Å². The van der Waals surface area contributed by atoms with Crippen LogP contribution in [0.3, 0.4) is 0 Å². The quantitative estimate of drug-likeness (QED) is 0.542. The normalized spacial score (nSPS) is 11.8. The highest BCUT2D eigenvalue weighted by molar-refractivity contribution is 5.96. The molecule has 0 aliphatic heterocycles. The zero-order chi connectivity index (χ0) is 18.1. The van der Waals surface area contributed by atoms with Gasteiger partial charge in [-0.1, -0.05) is 60.7 Å². The number of carbonyl (C=O) groups excluding carboxylic acids is 2. The summed E-state index contributed by atoms with van der Waals surface area (Å²) in [4.78, 5) is 25.1. The molecule has 0 aliphatic rings. The van der Waals surface area contributed by atoms with Gasteiger partial charge in [-0.15, -0.1) is 0 Å². The molecular formula is C21H24O4. The fraction of sp³-hybridized carbons (Fsp3) is 0.333. The molecule has 0 spiro atoms. The number of esters is 2. The molecule has 2 aromatic rings. The Bertz CT molecular complexity index is 649. The average Bonchev–Trinajstić information content (AvgIpc) is 2.63. The van der Waals surface area contributed by atoms with Crippen LogP contribution in [-0.2, 0) is 25.5 Å². The monoisotopic (exact) mass is 340 g/mol. The fourth-order valence-corrected chi connectivity index (χ4v) is 2.89. The first-order chi connectivity index (χ1) is 12.2. The van der Waals surface area contributed by atoms with Crippen molar-refractivity contribution in [1.29, 1.82) is 0 Å². The maximum absolute atomic E-state index is 12.5. The van der Waals surface area contributed by atoms with Gasteiger partial charge in [-0.05, 0) is 31.4 Å². The minimum absolute atomic E-state index is 0.224. The standard InChI is InChI=1S/C21H24O4/c1-3-24-20(22)19(21(23)25-4-2)18(17-13-9-6-10-14-17)15-16-11-7-5-8-12-16/h5-14,18-19H,3-4,15H2,1-2H3/t18-/m0/s1. The van der Waals surface area contributed by atoms with Gasteiger partial charge in [-0.2, -0.15) is 0 Å². The summed E-state index contributed by atoms with van der Waals surface area (Å²) in [5.74, 6) is -2.40. The molecule has 0 bridgehead atoms. The highest BCUT2D eigenvalue weighted by Gasteiger charge is 2.38. The van der Waals surface area contributed by atoms with Crippen LogP contribution in [0.15, 0.2) is 60.7 Å². The number of carbonyl (C=O) groups is 2. The van der Waals surface area contributed by atoms with Gasteiger partial charge in [-0.25, -0.2) is 0 Å². The van der Waals surface area contributed by atoms with Gasteiger partial charge in [0.2, 0.25) is 0 Å². The summed E-state index contributed by atoms with van der Waals surface area (Å²) in [5.41, 5.74) is 1.97. The van der Waals surface area contributed by atoms with E-state index in [9.17, 15) is 9.59 Å². The number of benzene rings is 2. The van der Waals surface area contributed by atoms with Gasteiger partial charge in [0, 0.05) is 5.92 Å². The molecule has 0 aliphatic carbocycles. The van der Waals surface area contributed by atoms with Crippen LogP contribution in [0.2, 0.25) is 0 Å². The van der Waals surface area contributed by atoms with E-state index >= 15 is 0 Å². The molecule has 0 N–H and O–H groups in total. The Balaban J connectivity index is 2.41. The van der Waals surface area contributed by atoms with Gasteiger partial charge in [-0.3, -0.25) is 9.59 Å². The maximum Gasteiger partial charge on any atom is 0.320 e. The van der Waals surface area contributed by atoms with Gasteiger partial charge >= 0.3 is 11.9 Å². The van der Waals surface area contributed by atoms with Crippen molar-refractivity contribution < 1.29 is 19.1 Å². The second kappa shape index (κ2) is 9.62. The first-order valence-electron chi connectivity index (χ1n) is 8.59. The summed E-state index contributed by atoms with van der Waals surface area (Å²) in [6.45, 7) is 3.91. The number of ether oxygens (including phenoxy) is 2. The van der Waals surface area contributed by atoms with Gasteiger partial charge < -0.3 is 9.47 Å². The molecule has 2 rings (SSSR count). The average molecular weight is 340 g/mol. The van der Waals surface area contributed by atoms with Crippen molar-refractivity contribution in [3.63, 3.8) is 0 Å². The van der Waals surface area contributed by atoms with Crippen LogP contribution in [0.4, 0.5) is 0 Å². The third kappa shape index (κ3) is 5.18. The van der Waals surface area contributed by atoms with E-state index in [-0.39, 0.29) is 19.1 Å². The van der Waals surface area contributed by atoms with Crippen molar-refractivity contribution in [1.82, 2.24) is 0 Å². The van der Waals surface area contributed by atoms with E-state index < -0.39 is 17.9 Å². The van der Waals surface area contributed by atoms with Gasteiger partial charge in [0.15, 0.2) is 5.92 Å². The summed E-state index contributed by atoms with van der Waals surface area (Å²) < 4.78 is 10.3. The Morgan fingerprint density at radius 1 is 0.800 bits per heavy atom. The van der Waals surface area contributed by atoms with E-state index in [2.05, 4.69) is 0 Å². The van der Waals surface area contributed by atoms with Crippen LogP contribution in [0, 0.1) is 5.92 Å². The van der Waals surface area contributed by atoms with Crippen molar-refractivity contribution in [2.45, 2.75) is 26.2 Å². The van der Waals surface area contributed by atoms with Crippen LogP contribution in [0.1, 0.15) is 30.9 Å². The molecule has 132 valence electrons. The first kappa shape index (κ1) is 18.7. The molecule has 0 amide bonds. The minimum Gasteiger partial charge on any atom is -0.465 e. The first-order valence-corrected chi connectivity index (χ1v) is 8.59. The van der Waals surface area contributed by atoms with Crippen molar-refractivity contribution in [2.24, 2.45) is 5.92 Å². The number of hydrogen-bond donors (Lipinski definition) is 0. The molecule has 0 heterocycles. The Morgan fingerprint density at radius 2 is 1.28 bits per heavy atom. The Labute approximate surface area is 148 Å². The van der Waals surface area contributed by atoms with Crippen molar-refractivity contribution in [3.8, 4) is 0 Å². The summed E-state index contributed by atoms with van der Waals surface area (Å²) in [5, 5.41) is 0. The Hall–Kier alpha value is -2.62. The van der Waals surface area contributed by atoms with Crippen molar-refractivity contribution in [3.05, 3.63) is 71.8 Å². The predicted octanol–water partition coefficient (Wildman–Crippen LogP) is 3.76. The molecule has 0 saturated heterocycles. The van der Waals surface area contributed by atoms with Crippen molar-refractivity contribution in [2.75, 3.05) is 13.2 Å². The van der Waals surface area contributed by atoms with Gasteiger partial charge in [0.25, 0.3) is 0 Å². The van der Waals surface area contributed by atoms with E-state index in [0.29, 0.717) is 6.42 Å². The van der Waals surface area contributed by atoms with Gasteiger partial charge in [0.1, 0.15) is 0 Å². The lowest BCUT2D eigenvalue weighted by molar-refractivity contribution is -0.162. The highest BCUT2D eigenvalue weighted by Crippen LogP contribution is 2.31. The molecule has 0 fully saturated rings. The second-order valence-electron chi connectivity index (χ2n) is 5.69. The zero-order valence-corrected chi connectivity index (χ0v) is 14.7. The highest BCUT2D eigenvalue weighted by atomic mass is 16.6. The third-order valence-corrected chi connectivity index (χ3v) is 4.01. The van der Waals surface area contributed by atoms with Crippen LogP contribution in [0.5, 0.6) is 0 Å². The largest absolute Gasteiger partial charge is 0.465 e. The zero-order valence-electron chi connectivity index (χ0n) is 14.7. The molecule has 25 heavy (non-hydrogen) atoms. The van der Waals surface area contributed by atoms with E-state index in [1.807, 2.05) is 60.7 Å². The van der Waals surface area contributed by atoms with E-state index in [0.717, 1.165) is 11.1 Å². The van der Waals surface area contributed by atoms with Crippen LogP contribution in [0.25, 0.3) is 0 Å². The smallest absolute Gasteiger partial charge is 0.320 e. The molecule has 2 aromatic carbocycles. The fourth-order valence-electron chi connectivity index (χ4n) is 2.89. The van der Waals surface area contributed by atoms with Gasteiger partial charge in [0.05, 0.1) is 13.2 Å². The van der Waals surface area contributed by atoms with Crippen LogP contribution in [-0.4, -0.2) is 25.2 Å². The lowest BCUT2D eigenvalue weighted by Gasteiger charge is -2.25. The molecule has 0 saturated carbocycles. The molecule has 4 nitrogen and oxygen atoms in total. The van der Waals surface area contributed by atoms with E-state index in [4.69, 9.17) is 9.47 Å². The lowest BCUT2D eigenvalue weighted by atomic mass is 9.81. The molecule has 1 atom stereocenters. The predicted molar refractivity (Wildman–Crippen MR) is 96.1 cm³/mol. The summed E-state index contributed by atoms with van der Waals surface area (Å²) in [7, 11) is 0. The molecule has 4 heteroatoms. The SMILES string of the molecule is CCOC(=O)C(C(=O)OCC)[C@@H](Cc1ccccc1)c1ccccc1. The summed E-state index contributed by atoms with van der Waals surface area (Å²) in [6.07, 6.45) is 0.549. The second-order valence-corrected chi connectivity index (χ2v) is 5.69. The van der Waals surface area contributed by atoms with E-state index in [1.54, 1.807) is 13.8 Å². The topological polar surface area (TPSA) is 52.6 Å². The molecule has 0 aromatic heterocycles. The molecular weight excluding hydrogens is 316 g/mol.